The van der Waals surface area contributed by atoms with E-state index < -0.39 is 0 Å². The summed E-state index contributed by atoms with van der Waals surface area (Å²) >= 11 is 0. The molecule has 0 spiro atoms. The van der Waals surface area contributed by atoms with Crippen LogP contribution in [-0.2, 0) is 12.8 Å². The molecule has 2 N–H and O–H groups in total. The number of para-hydroxylation sites is 1. The summed E-state index contributed by atoms with van der Waals surface area (Å²) in [5, 5.41) is 10.4. The highest BCUT2D eigenvalue weighted by Crippen LogP contribution is 2.29. The van der Waals surface area contributed by atoms with Crippen LogP contribution in [0.25, 0.3) is 5.69 Å². The maximum absolute atomic E-state index is 13.4. The van der Waals surface area contributed by atoms with Crippen molar-refractivity contribution < 1.29 is 14.0 Å². The van der Waals surface area contributed by atoms with Crippen LogP contribution in [0.15, 0.2) is 72.8 Å². The Bertz CT molecular complexity index is 1380. The van der Waals surface area contributed by atoms with E-state index in [9.17, 15) is 14.0 Å². The van der Waals surface area contributed by atoms with Crippen molar-refractivity contribution in [3.8, 4) is 5.69 Å². The van der Waals surface area contributed by atoms with Crippen LogP contribution in [-0.4, -0.2) is 21.6 Å². The number of carbonyl (C=O) groups excluding carboxylic acids is 2. The van der Waals surface area contributed by atoms with Gasteiger partial charge in [-0.2, -0.15) is 5.10 Å². The fraction of sp³-hybridized carbons (Fsp3) is 0.148. The Morgan fingerprint density at radius 3 is 2.41 bits per heavy atom. The quantitative estimate of drug-likeness (QED) is 0.429. The van der Waals surface area contributed by atoms with E-state index in [-0.39, 0.29) is 17.6 Å². The van der Waals surface area contributed by atoms with E-state index in [2.05, 4.69) is 15.7 Å². The lowest BCUT2D eigenvalue weighted by Gasteiger charge is -2.12. The number of amides is 2. The van der Waals surface area contributed by atoms with Gasteiger partial charge in [0.2, 0.25) is 0 Å². The van der Waals surface area contributed by atoms with Crippen LogP contribution >= 0.6 is 0 Å². The summed E-state index contributed by atoms with van der Waals surface area (Å²) in [6.45, 7) is 1.80. The van der Waals surface area contributed by atoms with E-state index in [4.69, 9.17) is 0 Å². The number of carbonyl (C=O) groups is 2. The van der Waals surface area contributed by atoms with Crippen LogP contribution < -0.4 is 10.6 Å². The molecule has 0 atom stereocenters. The molecule has 5 rings (SSSR count). The van der Waals surface area contributed by atoms with Crippen molar-refractivity contribution in [2.75, 3.05) is 10.6 Å². The highest BCUT2D eigenvalue weighted by atomic mass is 19.1. The van der Waals surface area contributed by atoms with Gasteiger partial charge in [0.1, 0.15) is 5.82 Å². The third-order valence-electron chi connectivity index (χ3n) is 6.07. The zero-order valence-corrected chi connectivity index (χ0v) is 18.6. The molecule has 6 nitrogen and oxygen atoms in total. The second kappa shape index (κ2) is 8.94. The average Bonchev–Trinajstić information content (AvgIpc) is 3.45. The summed E-state index contributed by atoms with van der Waals surface area (Å²) < 4.78 is 15.1. The minimum Gasteiger partial charge on any atom is -0.322 e. The summed E-state index contributed by atoms with van der Waals surface area (Å²) in [4.78, 5) is 26.1. The second-order valence-electron chi connectivity index (χ2n) is 8.27. The Balaban J connectivity index is 1.41. The van der Waals surface area contributed by atoms with Gasteiger partial charge in [-0.25, -0.2) is 9.07 Å². The highest BCUT2D eigenvalue weighted by molar-refractivity contribution is 6.08. The SMILES string of the molecule is Cc1c(NC(=O)c2nn(-c3ccc(F)cc3)c3c2CCC3)cccc1C(=O)Nc1ccccc1. The van der Waals surface area contributed by atoms with E-state index in [1.165, 1.54) is 12.1 Å². The molecule has 4 aromatic rings. The minimum absolute atomic E-state index is 0.249. The van der Waals surface area contributed by atoms with Gasteiger partial charge in [0.15, 0.2) is 5.69 Å². The van der Waals surface area contributed by atoms with Crippen LogP contribution in [0.3, 0.4) is 0 Å². The normalized spacial score (nSPS) is 12.3. The predicted molar refractivity (Wildman–Crippen MR) is 129 cm³/mol. The lowest BCUT2D eigenvalue weighted by molar-refractivity contribution is 0.101. The van der Waals surface area contributed by atoms with Crippen molar-refractivity contribution in [2.45, 2.75) is 26.2 Å². The van der Waals surface area contributed by atoms with Gasteiger partial charge >= 0.3 is 0 Å². The zero-order chi connectivity index (χ0) is 23.7. The smallest absolute Gasteiger partial charge is 0.276 e. The highest BCUT2D eigenvalue weighted by Gasteiger charge is 2.27. The van der Waals surface area contributed by atoms with Crippen molar-refractivity contribution in [3.63, 3.8) is 0 Å². The van der Waals surface area contributed by atoms with Gasteiger partial charge in [-0.3, -0.25) is 9.59 Å². The molecule has 0 radical (unpaired) electrons. The number of nitrogens with zero attached hydrogens (tertiary/aromatic N) is 2. The molecule has 1 aliphatic carbocycles. The lowest BCUT2D eigenvalue weighted by Crippen LogP contribution is -2.18. The molecule has 0 aliphatic heterocycles. The Kier molecular flexibility index (Phi) is 5.67. The first kappa shape index (κ1) is 21.6. The average molecular weight is 455 g/mol. The van der Waals surface area contributed by atoms with Crippen molar-refractivity contribution >= 4 is 23.2 Å². The van der Waals surface area contributed by atoms with Crippen molar-refractivity contribution in [1.29, 1.82) is 0 Å². The number of halogens is 1. The number of nitrogens with one attached hydrogen (secondary N) is 2. The van der Waals surface area contributed by atoms with Gasteiger partial charge in [0, 0.05) is 28.2 Å². The molecule has 34 heavy (non-hydrogen) atoms. The maximum atomic E-state index is 13.4. The largest absolute Gasteiger partial charge is 0.322 e. The van der Waals surface area contributed by atoms with E-state index in [0.29, 0.717) is 28.2 Å². The summed E-state index contributed by atoms with van der Waals surface area (Å²) in [5.41, 5.74) is 5.35. The molecule has 0 unspecified atom stereocenters. The van der Waals surface area contributed by atoms with E-state index >= 15 is 0 Å². The minimum atomic E-state index is -0.331. The summed E-state index contributed by atoms with van der Waals surface area (Å²) in [7, 11) is 0. The lowest BCUT2D eigenvalue weighted by atomic mass is 10.1. The molecule has 0 fully saturated rings. The number of benzene rings is 3. The van der Waals surface area contributed by atoms with E-state index in [1.807, 2.05) is 30.3 Å². The number of aromatic nitrogens is 2. The third kappa shape index (κ3) is 4.08. The maximum Gasteiger partial charge on any atom is 0.276 e. The van der Waals surface area contributed by atoms with E-state index in [1.54, 1.807) is 41.9 Å². The molecular formula is C27H23FN4O2. The molecule has 0 saturated heterocycles. The third-order valence-corrected chi connectivity index (χ3v) is 6.07. The summed E-state index contributed by atoms with van der Waals surface area (Å²) in [6.07, 6.45) is 2.50. The van der Waals surface area contributed by atoms with E-state index in [0.717, 1.165) is 36.2 Å². The Hall–Kier alpha value is -4.26. The summed E-state index contributed by atoms with van der Waals surface area (Å²) in [6, 6.07) is 20.5. The topological polar surface area (TPSA) is 76.0 Å². The Morgan fingerprint density at radius 1 is 0.882 bits per heavy atom. The van der Waals surface area contributed by atoms with Gasteiger partial charge in [0.05, 0.1) is 5.69 Å². The molecule has 2 amide bonds. The number of fused-ring (bicyclic) bond motifs is 1. The molecule has 3 aromatic carbocycles. The van der Waals surface area contributed by atoms with Gasteiger partial charge in [-0.1, -0.05) is 24.3 Å². The van der Waals surface area contributed by atoms with Crippen LogP contribution in [0, 0.1) is 12.7 Å². The predicted octanol–water partition coefficient (Wildman–Crippen LogP) is 5.31. The fourth-order valence-corrected chi connectivity index (χ4v) is 4.33. The number of rotatable bonds is 5. The molecule has 0 bridgehead atoms. The first-order chi connectivity index (χ1) is 16.5. The van der Waals surface area contributed by atoms with Crippen molar-refractivity contribution in [2.24, 2.45) is 0 Å². The molecular weight excluding hydrogens is 431 g/mol. The number of hydrogen-bond donors (Lipinski definition) is 2. The van der Waals surface area contributed by atoms with Crippen LogP contribution in [0.5, 0.6) is 0 Å². The van der Waals surface area contributed by atoms with Crippen LogP contribution in [0.1, 0.15) is 44.1 Å². The fourth-order valence-electron chi connectivity index (χ4n) is 4.33. The number of hydrogen-bond acceptors (Lipinski definition) is 3. The Morgan fingerprint density at radius 2 is 1.65 bits per heavy atom. The zero-order valence-electron chi connectivity index (χ0n) is 18.6. The number of anilines is 2. The molecule has 1 aliphatic rings. The van der Waals surface area contributed by atoms with Gasteiger partial charge in [-0.15, -0.1) is 0 Å². The molecule has 1 heterocycles. The van der Waals surface area contributed by atoms with Gasteiger partial charge in [-0.05, 0) is 80.3 Å². The van der Waals surface area contributed by atoms with Gasteiger partial charge in [0.25, 0.3) is 11.8 Å². The van der Waals surface area contributed by atoms with Crippen LogP contribution in [0.4, 0.5) is 15.8 Å². The monoisotopic (exact) mass is 454 g/mol. The van der Waals surface area contributed by atoms with Crippen LogP contribution in [0.2, 0.25) is 0 Å². The molecule has 7 heteroatoms. The molecule has 1 aromatic heterocycles. The summed E-state index contributed by atoms with van der Waals surface area (Å²) in [5.74, 6) is -0.902. The van der Waals surface area contributed by atoms with Crippen molar-refractivity contribution in [1.82, 2.24) is 9.78 Å². The standard InChI is InChI=1S/C27H23FN4O2/c1-17-21(26(33)29-19-7-3-2-4-8-19)9-5-11-23(17)30-27(34)25-22-10-6-12-24(22)32(31-25)20-15-13-18(28)14-16-20/h2-5,7-9,11,13-16H,6,10,12H2,1H3,(H,29,33)(H,30,34). The first-order valence-corrected chi connectivity index (χ1v) is 11.2. The molecule has 0 saturated carbocycles. The van der Waals surface area contributed by atoms with Crippen molar-refractivity contribution in [3.05, 3.63) is 107 Å². The Labute approximate surface area is 196 Å². The molecule has 170 valence electrons. The first-order valence-electron chi connectivity index (χ1n) is 11.2. The van der Waals surface area contributed by atoms with Gasteiger partial charge < -0.3 is 10.6 Å². The second-order valence-corrected chi connectivity index (χ2v) is 8.27.